The number of carbonyl (C=O) groups excluding carboxylic acids is 1. The van der Waals surface area contributed by atoms with Crippen LogP contribution in [0.2, 0.25) is 0 Å². The van der Waals surface area contributed by atoms with Crippen LogP contribution in [-0.2, 0) is 11.2 Å². The SMILES string of the molecule is Cc1cc(CC[C@H]2CN(C(=O)c3c(C(C)C)noc3C)CCO2)ncn1. The van der Waals surface area contributed by atoms with Crippen LogP contribution < -0.4 is 0 Å². The zero-order valence-corrected chi connectivity index (χ0v) is 15.9. The Morgan fingerprint density at radius 3 is 2.88 bits per heavy atom. The van der Waals surface area contributed by atoms with E-state index in [-0.39, 0.29) is 17.9 Å². The van der Waals surface area contributed by atoms with Crippen LogP contribution in [0, 0.1) is 13.8 Å². The van der Waals surface area contributed by atoms with E-state index in [9.17, 15) is 4.79 Å². The number of morpholine rings is 1. The molecule has 7 nitrogen and oxygen atoms in total. The van der Waals surface area contributed by atoms with Crippen molar-refractivity contribution in [1.82, 2.24) is 20.0 Å². The van der Waals surface area contributed by atoms with Gasteiger partial charge in [0.1, 0.15) is 17.7 Å². The summed E-state index contributed by atoms with van der Waals surface area (Å²) in [5.41, 5.74) is 3.29. The molecule has 0 aromatic carbocycles. The van der Waals surface area contributed by atoms with Gasteiger partial charge in [0, 0.05) is 24.5 Å². The maximum atomic E-state index is 13.0. The van der Waals surface area contributed by atoms with E-state index >= 15 is 0 Å². The largest absolute Gasteiger partial charge is 0.375 e. The van der Waals surface area contributed by atoms with Gasteiger partial charge in [0.25, 0.3) is 5.91 Å². The third kappa shape index (κ3) is 4.09. The fourth-order valence-corrected chi connectivity index (χ4v) is 3.24. The summed E-state index contributed by atoms with van der Waals surface area (Å²) in [7, 11) is 0. The van der Waals surface area contributed by atoms with E-state index in [0.717, 1.165) is 29.9 Å². The highest BCUT2D eigenvalue weighted by molar-refractivity contribution is 5.96. The van der Waals surface area contributed by atoms with Crippen LogP contribution >= 0.6 is 0 Å². The Balaban J connectivity index is 1.65. The molecular formula is C19H26N4O3. The maximum absolute atomic E-state index is 13.0. The summed E-state index contributed by atoms with van der Waals surface area (Å²) < 4.78 is 11.1. The van der Waals surface area contributed by atoms with Crippen LogP contribution in [0.1, 0.15) is 59.4 Å². The fourth-order valence-electron chi connectivity index (χ4n) is 3.24. The molecule has 2 aromatic rings. The summed E-state index contributed by atoms with van der Waals surface area (Å²) in [6, 6.07) is 1.99. The third-order valence-corrected chi connectivity index (χ3v) is 4.66. The van der Waals surface area contributed by atoms with Crippen LogP contribution in [-0.4, -0.2) is 51.7 Å². The summed E-state index contributed by atoms with van der Waals surface area (Å²) in [5, 5.41) is 4.07. The quantitative estimate of drug-likeness (QED) is 0.817. The van der Waals surface area contributed by atoms with Gasteiger partial charge in [-0.05, 0) is 38.7 Å². The van der Waals surface area contributed by atoms with Crippen molar-refractivity contribution in [1.29, 1.82) is 0 Å². The molecule has 1 saturated heterocycles. The summed E-state index contributed by atoms with van der Waals surface area (Å²) >= 11 is 0. The number of hydrogen-bond donors (Lipinski definition) is 0. The minimum Gasteiger partial charge on any atom is -0.375 e. The van der Waals surface area contributed by atoms with Crippen molar-refractivity contribution < 1.29 is 14.1 Å². The Morgan fingerprint density at radius 1 is 1.35 bits per heavy atom. The van der Waals surface area contributed by atoms with Gasteiger partial charge < -0.3 is 14.2 Å². The Hall–Kier alpha value is -2.28. The molecule has 0 aliphatic carbocycles. The summed E-state index contributed by atoms with van der Waals surface area (Å²) in [4.78, 5) is 23.3. The molecular weight excluding hydrogens is 332 g/mol. The van der Waals surface area contributed by atoms with Crippen LogP contribution in [0.25, 0.3) is 0 Å². The molecule has 1 atom stereocenters. The molecule has 0 saturated carbocycles. The molecule has 1 fully saturated rings. The second-order valence-corrected chi connectivity index (χ2v) is 7.09. The number of nitrogens with zero attached hydrogens (tertiary/aromatic N) is 4. The van der Waals surface area contributed by atoms with Gasteiger partial charge in [-0.2, -0.15) is 0 Å². The zero-order valence-electron chi connectivity index (χ0n) is 15.9. The lowest BCUT2D eigenvalue weighted by molar-refractivity contribution is -0.0247. The minimum atomic E-state index is -0.0152. The molecule has 2 aromatic heterocycles. The molecule has 3 heterocycles. The highest BCUT2D eigenvalue weighted by Crippen LogP contribution is 2.24. The molecule has 0 radical (unpaired) electrons. The second-order valence-electron chi connectivity index (χ2n) is 7.09. The average Bonchev–Trinajstić information content (AvgIpc) is 3.01. The van der Waals surface area contributed by atoms with Gasteiger partial charge in [0.2, 0.25) is 0 Å². The predicted octanol–water partition coefficient (Wildman–Crippen LogP) is 2.68. The average molecular weight is 358 g/mol. The van der Waals surface area contributed by atoms with E-state index in [1.807, 2.05) is 31.7 Å². The van der Waals surface area contributed by atoms with Crippen LogP contribution in [0.5, 0.6) is 0 Å². The summed E-state index contributed by atoms with van der Waals surface area (Å²) in [6.45, 7) is 9.48. The van der Waals surface area contributed by atoms with Crippen LogP contribution in [0.15, 0.2) is 16.9 Å². The number of hydrogen-bond acceptors (Lipinski definition) is 6. The standard InChI is InChI=1S/C19H26N4O3/c1-12(2)18-17(14(4)26-22-18)19(24)23-7-8-25-16(10-23)6-5-15-9-13(3)20-11-21-15/h9,11-12,16H,5-8,10H2,1-4H3/t16-/m0/s1. The van der Waals surface area contributed by atoms with Crippen molar-refractivity contribution in [2.45, 2.75) is 52.6 Å². The number of aromatic nitrogens is 3. The van der Waals surface area contributed by atoms with E-state index in [1.165, 1.54) is 0 Å². The number of rotatable bonds is 5. The third-order valence-electron chi connectivity index (χ3n) is 4.66. The van der Waals surface area contributed by atoms with Gasteiger partial charge in [-0.25, -0.2) is 9.97 Å². The Morgan fingerprint density at radius 2 is 2.15 bits per heavy atom. The topological polar surface area (TPSA) is 81.4 Å². The highest BCUT2D eigenvalue weighted by Gasteiger charge is 2.30. The molecule has 0 spiro atoms. The molecule has 1 aliphatic rings. The Labute approximate surface area is 153 Å². The van der Waals surface area contributed by atoms with Gasteiger partial charge >= 0.3 is 0 Å². The zero-order chi connectivity index (χ0) is 18.7. The van der Waals surface area contributed by atoms with Gasteiger partial charge in [-0.1, -0.05) is 19.0 Å². The van der Waals surface area contributed by atoms with Crippen molar-refractivity contribution in [3.63, 3.8) is 0 Å². The highest BCUT2D eigenvalue weighted by atomic mass is 16.5. The number of amides is 1. The lowest BCUT2D eigenvalue weighted by atomic mass is 10.0. The first kappa shape index (κ1) is 18.5. The first-order valence-corrected chi connectivity index (χ1v) is 9.10. The Kier molecular flexibility index (Phi) is 5.66. The molecule has 1 aliphatic heterocycles. The molecule has 3 rings (SSSR count). The molecule has 7 heteroatoms. The van der Waals surface area contributed by atoms with Gasteiger partial charge in [0.15, 0.2) is 0 Å². The second kappa shape index (κ2) is 7.95. The number of ether oxygens (including phenoxy) is 1. The lowest BCUT2D eigenvalue weighted by Crippen LogP contribution is -2.46. The van der Waals surface area contributed by atoms with Gasteiger partial charge in [-0.3, -0.25) is 4.79 Å². The van der Waals surface area contributed by atoms with Crippen molar-refractivity contribution in [3.05, 3.63) is 40.8 Å². The minimum absolute atomic E-state index is 0.00522. The van der Waals surface area contributed by atoms with Crippen LogP contribution in [0.4, 0.5) is 0 Å². The molecule has 0 unspecified atom stereocenters. The molecule has 26 heavy (non-hydrogen) atoms. The van der Waals surface area contributed by atoms with Crippen molar-refractivity contribution >= 4 is 5.91 Å². The van der Waals surface area contributed by atoms with Gasteiger partial charge in [0.05, 0.1) is 18.4 Å². The number of carbonyl (C=O) groups is 1. The van der Waals surface area contributed by atoms with Crippen molar-refractivity contribution in [2.24, 2.45) is 0 Å². The molecule has 140 valence electrons. The van der Waals surface area contributed by atoms with Crippen molar-refractivity contribution in [3.8, 4) is 0 Å². The summed E-state index contributed by atoms with van der Waals surface area (Å²) in [5.74, 6) is 0.709. The predicted molar refractivity (Wildman–Crippen MR) is 96.1 cm³/mol. The Bertz CT molecular complexity index is 772. The smallest absolute Gasteiger partial charge is 0.259 e. The van der Waals surface area contributed by atoms with E-state index in [4.69, 9.17) is 9.26 Å². The fraction of sp³-hybridized carbons (Fsp3) is 0.579. The van der Waals surface area contributed by atoms with E-state index < -0.39 is 0 Å². The molecule has 1 amide bonds. The summed E-state index contributed by atoms with van der Waals surface area (Å²) in [6.07, 6.45) is 3.22. The van der Waals surface area contributed by atoms with E-state index in [0.29, 0.717) is 31.0 Å². The van der Waals surface area contributed by atoms with Crippen molar-refractivity contribution in [2.75, 3.05) is 19.7 Å². The normalized spacial score (nSPS) is 17.7. The number of aryl methyl sites for hydroxylation is 3. The monoisotopic (exact) mass is 358 g/mol. The first-order chi connectivity index (χ1) is 12.5. The lowest BCUT2D eigenvalue weighted by Gasteiger charge is -2.33. The van der Waals surface area contributed by atoms with Gasteiger partial charge in [-0.15, -0.1) is 0 Å². The first-order valence-electron chi connectivity index (χ1n) is 9.10. The molecule has 0 N–H and O–H groups in total. The maximum Gasteiger partial charge on any atom is 0.259 e. The van der Waals surface area contributed by atoms with E-state index in [2.05, 4.69) is 15.1 Å². The molecule has 0 bridgehead atoms. The van der Waals surface area contributed by atoms with E-state index in [1.54, 1.807) is 13.3 Å². The van der Waals surface area contributed by atoms with Crippen LogP contribution in [0.3, 0.4) is 0 Å².